The van der Waals surface area contributed by atoms with Crippen molar-refractivity contribution in [3.8, 4) is 11.5 Å². The number of carbonyl (C=O) groups excluding carboxylic acids is 3. The molecule has 0 unspecified atom stereocenters. The van der Waals surface area contributed by atoms with E-state index in [0.29, 0.717) is 43.4 Å². The first-order chi connectivity index (χ1) is 16.0. The van der Waals surface area contributed by atoms with Crippen molar-refractivity contribution >= 4 is 23.4 Å². The Morgan fingerprint density at radius 2 is 1.82 bits per heavy atom. The average molecular weight is 447 g/mol. The number of hydrogen-bond donors (Lipinski definition) is 1. The highest BCUT2D eigenvalue weighted by Gasteiger charge is 2.50. The smallest absolute Gasteiger partial charge is 0.325 e. The van der Waals surface area contributed by atoms with Crippen LogP contribution in [0.2, 0.25) is 0 Å². The third kappa shape index (κ3) is 3.82. The number of ether oxygens (including phenoxy) is 2. The van der Waals surface area contributed by atoms with E-state index in [2.05, 4.69) is 17.4 Å². The third-order valence-corrected chi connectivity index (χ3v) is 6.39. The van der Waals surface area contributed by atoms with E-state index in [0.717, 1.165) is 16.9 Å². The van der Waals surface area contributed by atoms with E-state index in [9.17, 15) is 14.4 Å². The highest BCUT2D eigenvalue weighted by Crippen LogP contribution is 2.37. The molecule has 3 aliphatic heterocycles. The fraction of sp³-hybridized carbons (Fsp3) is 0.320. The predicted octanol–water partition coefficient (Wildman–Crippen LogP) is 2.54. The molecular formula is C25H25N3O5. The molecule has 170 valence electrons. The number of nitrogens with one attached hydrogen (secondary N) is 1. The number of nitrogens with zero attached hydrogens (tertiary/aromatic N) is 2. The highest BCUT2D eigenvalue weighted by molar-refractivity contribution is 6.09. The summed E-state index contributed by atoms with van der Waals surface area (Å²) >= 11 is 0. The highest BCUT2D eigenvalue weighted by atomic mass is 16.6. The number of imide groups is 1. The Hall–Kier alpha value is -3.81. The lowest BCUT2D eigenvalue weighted by Crippen LogP contribution is -2.45. The largest absolute Gasteiger partial charge is 0.486 e. The Morgan fingerprint density at radius 1 is 1.06 bits per heavy atom. The fourth-order valence-corrected chi connectivity index (χ4v) is 4.44. The van der Waals surface area contributed by atoms with Gasteiger partial charge in [-0.1, -0.05) is 42.5 Å². The van der Waals surface area contributed by atoms with Gasteiger partial charge in [-0.25, -0.2) is 4.79 Å². The van der Waals surface area contributed by atoms with Crippen LogP contribution in [0.4, 0.5) is 4.79 Å². The van der Waals surface area contributed by atoms with Crippen LogP contribution in [0.3, 0.4) is 0 Å². The van der Waals surface area contributed by atoms with Crippen LogP contribution in [0.15, 0.2) is 54.6 Å². The topological polar surface area (TPSA) is 88.2 Å². The minimum Gasteiger partial charge on any atom is -0.486 e. The molecule has 2 aromatic carbocycles. The van der Waals surface area contributed by atoms with Gasteiger partial charge in [-0.3, -0.25) is 14.5 Å². The Morgan fingerprint density at radius 3 is 2.55 bits per heavy atom. The normalized spacial score (nSPS) is 22.2. The number of hydrogen-bond acceptors (Lipinski definition) is 5. The maximum absolute atomic E-state index is 13.2. The predicted molar refractivity (Wildman–Crippen MR) is 121 cm³/mol. The summed E-state index contributed by atoms with van der Waals surface area (Å²) < 4.78 is 11.1. The van der Waals surface area contributed by atoms with Gasteiger partial charge in [-0.05, 0) is 42.2 Å². The van der Waals surface area contributed by atoms with Crippen molar-refractivity contribution in [3.63, 3.8) is 0 Å². The summed E-state index contributed by atoms with van der Waals surface area (Å²) in [5.41, 5.74) is 1.64. The molecular weight excluding hydrogens is 422 g/mol. The minimum atomic E-state index is -1.28. The van der Waals surface area contributed by atoms with Gasteiger partial charge < -0.3 is 19.7 Å². The van der Waals surface area contributed by atoms with E-state index in [4.69, 9.17) is 9.47 Å². The van der Waals surface area contributed by atoms with Gasteiger partial charge in [0.2, 0.25) is 5.91 Å². The van der Waals surface area contributed by atoms with E-state index in [1.54, 1.807) is 30.0 Å². The Kier molecular flexibility index (Phi) is 5.28. The molecule has 0 aliphatic carbocycles. The van der Waals surface area contributed by atoms with Crippen molar-refractivity contribution in [2.24, 2.45) is 0 Å². The Balaban J connectivity index is 1.28. The van der Waals surface area contributed by atoms with E-state index < -0.39 is 17.5 Å². The van der Waals surface area contributed by atoms with Crippen molar-refractivity contribution in [2.45, 2.75) is 18.9 Å². The molecule has 3 aliphatic rings. The Labute approximate surface area is 191 Å². The van der Waals surface area contributed by atoms with Gasteiger partial charge in [0.15, 0.2) is 11.5 Å². The zero-order valence-corrected chi connectivity index (χ0v) is 18.4. The minimum absolute atomic E-state index is 0.256. The van der Waals surface area contributed by atoms with Gasteiger partial charge in [-0.15, -0.1) is 0 Å². The molecule has 1 N–H and O–H groups in total. The second-order valence-corrected chi connectivity index (χ2v) is 8.49. The monoisotopic (exact) mass is 447 g/mol. The molecule has 33 heavy (non-hydrogen) atoms. The fourth-order valence-electron chi connectivity index (χ4n) is 4.44. The third-order valence-electron chi connectivity index (χ3n) is 6.39. The van der Waals surface area contributed by atoms with Gasteiger partial charge in [0.25, 0.3) is 5.91 Å². The summed E-state index contributed by atoms with van der Waals surface area (Å²) in [6.45, 7) is 3.23. The first-order valence-corrected chi connectivity index (χ1v) is 11.0. The average Bonchev–Trinajstić information content (AvgIpc) is 3.08. The molecule has 4 amide bonds. The molecule has 3 heterocycles. The lowest BCUT2D eigenvalue weighted by molar-refractivity contribution is -0.138. The molecule has 1 atom stereocenters. The molecule has 0 spiro atoms. The molecule has 1 saturated heterocycles. The van der Waals surface area contributed by atoms with Gasteiger partial charge in [0.05, 0.1) is 0 Å². The number of urea groups is 1. The molecule has 8 heteroatoms. The zero-order valence-electron chi connectivity index (χ0n) is 18.4. The van der Waals surface area contributed by atoms with E-state index >= 15 is 0 Å². The van der Waals surface area contributed by atoms with Crippen molar-refractivity contribution in [1.82, 2.24) is 15.1 Å². The lowest BCUT2D eigenvalue weighted by atomic mass is 9.91. The maximum Gasteiger partial charge on any atom is 0.325 e. The first-order valence-electron chi connectivity index (χ1n) is 11.0. The van der Waals surface area contributed by atoms with Crippen molar-refractivity contribution in [2.75, 3.05) is 32.8 Å². The molecule has 5 rings (SSSR count). The van der Waals surface area contributed by atoms with Gasteiger partial charge in [0, 0.05) is 13.1 Å². The lowest BCUT2D eigenvalue weighted by Gasteiger charge is -2.28. The number of fused-ring (bicyclic) bond motifs is 1. The number of benzene rings is 2. The van der Waals surface area contributed by atoms with Crippen LogP contribution >= 0.6 is 0 Å². The van der Waals surface area contributed by atoms with E-state index in [1.807, 2.05) is 24.3 Å². The van der Waals surface area contributed by atoms with Gasteiger partial charge in [-0.2, -0.15) is 0 Å². The first kappa shape index (κ1) is 21.1. The summed E-state index contributed by atoms with van der Waals surface area (Å²) in [4.78, 5) is 41.5. The SMILES string of the molecule is C[C@]1(c2ccc3c(c2)OCCO3)NC(=O)N(CC(=O)N2CC=C(c3ccccc3)CC2)C1=O. The number of carbonyl (C=O) groups is 3. The molecule has 0 saturated carbocycles. The summed E-state index contributed by atoms with van der Waals surface area (Å²) in [5.74, 6) is 0.416. The van der Waals surface area contributed by atoms with Crippen molar-refractivity contribution < 1.29 is 23.9 Å². The standard InChI is InChI=1S/C25H25N3O5/c1-25(19-7-8-20-21(15-19)33-14-13-32-20)23(30)28(24(31)26-25)16-22(29)27-11-9-18(10-12-27)17-5-3-2-4-6-17/h2-9,15H,10-14,16H2,1H3,(H,26,31)/t25-/m1/s1. The summed E-state index contributed by atoms with van der Waals surface area (Å²) in [5, 5.41) is 2.75. The second-order valence-electron chi connectivity index (χ2n) is 8.49. The maximum atomic E-state index is 13.2. The van der Waals surface area contributed by atoms with Crippen molar-refractivity contribution in [1.29, 1.82) is 0 Å². The zero-order chi connectivity index (χ0) is 23.0. The molecule has 2 aromatic rings. The quantitative estimate of drug-likeness (QED) is 0.728. The van der Waals surface area contributed by atoms with Crippen molar-refractivity contribution in [3.05, 3.63) is 65.7 Å². The summed E-state index contributed by atoms with van der Waals surface area (Å²) in [7, 11) is 0. The summed E-state index contributed by atoms with van der Waals surface area (Å²) in [6, 6.07) is 14.6. The van der Waals surface area contributed by atoms with Crippen LogP contribution in [0, 0.1) is 0 Å². The van der Waals surface area contributed by atoms with Crippen LogP contribution in [0.5, 0.6) is 11.5 Å². The number of amides is 4. The molecule has 0 bridgehead atoms. The van der Waals surface area contributed by atoms with Gasteiger partial charge >= 0.3 is 6.03 Å². The van der Waals surface area contributed by atoms with Crippen LogP contribution in [-0.2, 0) is 15.1 Å². The van der Waals surface area contributed by atoms with Gasteiger partial charge in [0.1, 0.15) is 25.3 Å². The van der Waals surface area contributed by atoms with Crippen LogP contribution in [0.25, 0.3) is 5.57 Å². The second kappa shape index (κ2) is 8.27. The molecule has 1 fully saturated rings. The van der Waals surface area contributed by atoms with Crippen LogP contribution < -0.4 is 14.8 Å². The van der Waals surface area contributed by atoms with Crippen LogP contribution in [-0.4, -0.2) is 60.5 Å². The number of rotatable bonds is 4. The van der Waals surface area contributed by atoms with E-state index in [-0.39, 0.29) is 12.5 Å². The molecule has 0 aromatic heterocycles. The molecule has 8 nitrogen and oxygen atoms in total. The van der Waals surface area contributed by atoms with Crippen LogP contribution in [0.1, 0.15) is 24.5 Å². The Bertz CT molecular complexity index is 1150. The van der Waals surface area contributed by atoms with E-state index in [1.165, 1.54) is 5.57 Å². The molecule has 0 radical (unpaired) electrons. The summed E-state index contributed by atoms with van der Waals surface area (Å²) in [6.07, 6.45) is 2.76.